The number of nitrogens with one attached hydrogen (secondary N) is 2. The van der Waals surface area contributed by atoms with Gasteiger partial charge in [-0.05, 0) is 24.2 Å². The molecule has 4 N–H and O–H groups in total. The highest BCUT2D eigenvalue weighted by molar-refractivity contribution is 5.85. The second kappa shape index (κ2) is 5.10. The van der Waals surface area contributed by atoms with Gasteiger partial charge in [-0.15, -0.1) is 0 Å². The second-order valence-electron chi connectivity index (χ2n) is 4.20. The molecule has 0 amide bonds. The van der Waals surface area contributed by atoms with Crippen LogP contribution in [0.2, 0.25) is 0 Å². The Hall–Kier alpha value is -2.01. The maximum absolute atomic E-state index is 11.1. The summed E-state index contributed by atoms with van der Waals surface area (Å²) in [6.07, 6.45) is 2.20. The third-order valence-electron chi connectivity index (χ3n) is 2.92. The van der Waals surface area contributed by atoms with Crippen LogP contribution in [0.15, 0.2) is 24.4 Å². The molecular weight excluding hydrogens is 232 g/mol. The molecule has 0 saturated carbocycles. The number of likely N-dealkylation sites (N-methyl/N-ethyl adjacent to an activating group) is 1. The van der Waals surface area contributed by atoms with Crippen molar-refractivity contribution >= 4 is 16.9 Å². The molecule has 1 atom stereocenters. The van der Waals surface area contributed by atoms with E-state index in [9.17, 15) is 9.90 Å². The summed E-state index contributed by atoms with van der Waals surface area (Å²) in [4.78, 5) is 14.1. The first-order valence-electron chi connectivity index (χ1n) is 5.87. The van der Waals surface area contributed by atoms with E-state index in [1.54, 1.807) is 24.4 Å². The van der Waals surface area contributed by atoms with Crippen molar-refractivity contribution in [3.8, 4) is 5.75 Å². The number of hydrogen-bond acceptors (Lipinski definition) is 3. The van der Waals surface area contributed by atoms with Crippen LogP contribution in [0, 0.1) is 0 Å². The number of fused-ring (bicyclic) bond motifs is 1. The molecule has 0 unspecified atom stereocenters. The number of aromatic nitrogens is 1. The number of benzene rings is 1. The number of carbonyl (C=O) groups is 1. The number of aliphatic carboxylic acids is 1. The summed E-state index contributed by atoms with van der Waals surface area (Å²) >= 11 is 0. The predicted molar refractivity (Wildman–Crippen MR) is 68.8 cm³/mol. The minimum Gasteiger partial charge on any atom is -0.508 e. The van der Waals surface area contributed by atoms with Gasteiger partial charge in [0.15, 0.2) is 0 Å². The molecule has 0 aliphatic rings. The molecule has 2 aromatic rings. The van der Waals surface area contributed by atoms with Gasteiger partial charge in [0.2, 0.25) is 0 Å². The van der Waals surface area contributed by atoms with Crippen LogP contribution >= 0.6 is 0 Å². The van der Waals surface area contributed by atoms with Gasteiger partial charge >= 0.3 is 5.97 Å². The van der Waals surface area contributed by atoms with Gasteiger partial charge in [-0.2, -0.15) is 0 Å². The molecular formula is C13H16N2O3. The standard InChI is InChI=1S/C13H16N2O3/c1-2-14-12(13(17)18)5-8-7-15-11-6-9(16)3-4-10(8)11/h3-4,6-7,12,14-16H,2,5H2,1H3,(H,17,18)/t12-/m0/s1. The molecule has 1 aromatic heterocycles. The quantitative estimate of drug-likeness (QED) is 0.645. The Labute approximate surface area is 104 Å². The van der Waals surface area contributed by atoms with E-state index in [4.69, 9.17) is 5.11 Å². The van der Waals surface area contributed by atoms with Crippen molar-refractivity contribution in [2.75, 3.05) is 6.54 Å². The van der Waals surface area contributed by atoms with E-state index in [0.29, 0.717) is 13.0 Å². The normalized spacial score (nSPS) is 12.7. The molecule has 0 spiro atoms. The summed E-state index contributed by atoms with van der Waals surface area (Å²) in [7, 11) is 0. The average molecular weight is 248 g/mol. The van der Waals surface area contributed by atoms with E-state index in [-0.39, 0.29) is 5.75 Å². The zero-order valence-electron chi connectivity index (χ0n) is 10.1. The molecule has 1 aromatic carbocycles. The van der Waals surface area contributed by atoms with E-state index in [1.807, 2.05) is 6.92 Å². The van der Waals surface area contributed by atoms with E-state index >= 15 is 0 Å². The summed E-state index contributed by atoms with van der Waals surface area (Å²) in [6, 6.07) is 4.43. The molecule has 0 fully saturated rings. The molecule has 96 valence electrons. The monoisotopic (exact) mass is 248 g/mol. The van der Waals surface area contributed by atoms with Crippen molar-refractivity contribution < 1.29 is 15.0 Å². The predicted octanol–water partition coefficient (Wildman–Crippen LogP) is 1.48. The fourth-order valence-electron chi connectivity index (χ4n) is 2.06. The molecule has 2 rings (SSSR count). The topological polar surface area (TPSA) is 85.4 Å². The Morgan fingerprint density at radius 3 is 2.94 bits per heavy atom. The summed E-state index contributed by atoms with van der Waals surface area (Å²) in [5, 5.41) is 22.3. The number of phenols is 1. The van der Waals surface area contributed by atoms with Gasteiger partial charge in [0, 0.05) is 29.6 Å². The lowest BCUT2D eigenvalue weighted by molar-refractivity contribution is -0.139. The Kier molecular flexibility index (Phi) is 3.53. The highest BCUT2D eigenvalue weighted by atomic mass is 16.4. The summed E-state index contributed by atoms with van der Waals surface area (Å²) < 4.78 is 0. The van der Waals surface area contributed by atoms with Crippen molar-refractivity contribution in [2.45, 2.75) is 19.4 Å². The second-order valence-corrected chi connectivity index (χ2v) is 4.20. The van der Waals surface area contributed by atoms with Crippen LogP contribution < -0.4 is 5.32 Å². The Bertz CT molecular complexity index is 562. The number of H-pyrrole nitrogens is 1. The number of carboxylic acid groups (broad SMARTS) is 1. The first kappa shape index (κ1) is 12.4. The molecule has 0 radical (unpaired) electrons. The zero-order valence-corrected chi connectivity index (χ0v) is 10.1. The summed E-state index contributed by atoms with van der Waals surface area (Å²) in [5.74, 6) is -0.664. The number of hydrogen-bond donors (Lipinski definition) is 4. The van der Waals surface area contributed by atoms with Crippen LogP contribution in [-0.4, -0.2) is 33.8 Å². The summed E-state index contributed by atoms with van der Waals surface area (Å²) in [5.41, 5.74) is 1.74. The lowest BCUT2D eigenvalue weighted by Crippen LogP contribution is -2.38. The zero-order chi connectivity index (χ0) is 13.1. The van der Waals surface area contributed by atoms with Gasteiger partial charge in [-0.25, -0.2) is 0 Å². The van der Waals surface area contributed by atoms with Gasteiger partial charge in [-0.1, -0.05) is 6.92 Å². The molecule has 0 aliphatic heterocycles. The van der Waals surface area contributed by atoms with E-state index in [0.717, 1.165) is 16.5 Å². The number of carboxylic acids is 1. The first-order chi connectivity index (χ1) is 8.61. The molecule has 5 heteroatoms. The van der Waals surface area contributed by atoms with Crippen molar-refractivity contribution in [1.82, 2.24) is 10.3 Å². The highest BCUT2D eigenvalue weighted by Gasteiger charge is 2.18. The minimum atomic E-state index is -0.857. The van der Waals surface area contributed by atoms with Gasteiger partial charge < -0.3 is 20.5 Å². The SMILES string of the molecule is CCN[C@@H](Cc1c[nH]c2cc(O)ccc12)C(=O)O. The maximum atomic E-state index is 11.1. The smallest absolute Gasteiger partial charge is 0.321 e. The molecule has 0 bridgehead atoms. The first-order valence-corrected chi connectivity index (χ1v) is 5.87. The summed E-state index contributed by atoms with van der Waals surface area (Å²) in [6.45, 7) is 2.49. The van der Waals surface area contributed by atoms with Crippen LogP contribution in [0.25, 0.3) is 10.9 Å². The van der Waals surface area contributed by atoms with Crippen molar-refractivity contribution in [1.29, 1.82) is 0 Å². The highest BCUT2D eigenvalue weighted by Crippen LogP contribution is 2.23. The largest absolute Gasteiger partial charge is 0.508 e. The van der Waals surface area contributed by atoms with Crippen molar-refractivity contribution in [3.05, 3.63) is 30.0 Å². The van der Waals surface area contributed by atoms with Crippen LogP contribution in [0.5, 0.6) is 5.75 Å². The van der Waals surface area contributed by atoms with Gasteiger partial charge in [-0.3, -0.25) is 4.79 Å². The third kappa shape index (κ3) is 2.46. The fraction of sp³-hybridized carbons (Fsp3) is 0.308. The molecule has 0 aliphatic carbocycles. The van der Waals surface area contributed by atoms with Crippen LogP contribution in [0.3, 0.4) is 0 Å². The lowest BCUT2D eigenvalue weighted by atomic mass is 10.0. The fourth-order valence-corrected chi connectivity index (χ4v) is 2.06. The molecule has 18 heavy (non-hydrogen) atoms. The Morgan fingerprint density at radius 1 is 1.50 bits per heavy atom. The molecule has 5 nitrogen and oxygen atoms in total. The van der Waals surface area contributed by atoms with E-state index in [1.165, 1.54) is 0 Å². The number of aromatic amines is 1. The number of phenolic OH excluding ortho intramolecular Hbond substituents is 1. The van der Waals surface area contributed by atoms with Gasteiger partial charge in [0.25, 0.3) is 0 Å². The van der Waals surface area contributed by atoms with Gasteiger partial charge in [0.1, 0.15) is 11.8 Å². The lowest BCUT2D eigenvalue weighted by Gasteiger charge is -2.12. The maximum Gasteiger partial charge on any atom is 0.321 e. The number of aromatic hydroxyl groups is 1. The van der Waals surface area contributed by atoms with Gasteiger partial charge in [0.05, 0.1) is 0 Å². The van der Waals surface area contributed by atoms with E-state index in [2.05, 4.69) is 10.3 Å². The third-order valence-corrected chi connectivity index (χ3v) is 2.92. The van der Waals surface area contributed by atoms with Crippen LogP contribution in [0.4, 0.5) is 0 Å². The minimum absolute atomic E-state index is 0.192. The average Bonchev–Trinajstić information content (AvgIpc) is 2.71. The van der Waals surface area contributed by atoms with Crippen LogP contribution in [0.1, 0.15) is 12.5 Å². The van der Waals surface area contributed by atoms with Crippen molar-refractivity contribution in [2.24, 2.45) is 0 Å². The van der Waals surface area contributed by atoms with Crippen LogP contribution in [-0.2, 0) is 11.2 Å². The number of rotatable bonds is 5. The molecule has 0 saturated heterocycles. The molecule has 1 heterocycles. The van der Waals surface area contributed by atoms with E-state index < -0.39 is 12.0 Å². The van der Waals surface area contributed by atoms with Crippen molar-refractivity contribution in [3.63, 3.8) is 0 Å². The Morgan fingerprint density at radius 2 is 2.28 bits per heavy atom. The Balaban J connectivity index is 2.28.